The highest BCUT2D eigenvalue weighted by molar-refractivity contribution is 5.35. The molecule has 0 radical (unpaired) electrons. The fourth-order valence-corrected chi connectivity index (χ4v) is 2.39. The summed E-state index contributed by atoms with van der Waals surface area (Å²) >= 11 is 0. The number of benzene rings is 1. The van der Waals surface area contributed by atoms with Crippen LogP contribution in [0.2, 0.25) is 0 Å². The van der Waals surface area contributed by atoms with Gasteiger partial charge in [-0.25, -0.2) is 0 Å². The fraction of sp³-hybridized carbons (Fsp3) is 0.389. The number of aromatic nitrogens is 1. The minimum Gasteiger partial charge on any atom is -0.490 e. The van der Waals surface area contributed by atoms with Crippen LogP contribution in [0.25, 0.3) is 0 Å². The second kappa shape index (κ2) is 6.72. The summed E-state index contributed by atoms with van der Waals surface area (Å²) in [5.74, 6) is 0.977. The van der Waals surface area contributed by atoms with E-state index in [1.54, 1.807) is 0 Å². The van der Waals surface area contributed by atoms with Gasteiger partial charge >= 0.3 is 0 Å². The maximum absolute atomic E-state index is 5.82. The van der Waals surface area contributed by atoms with Gasteiger partial charge < -0.3 is 10.1 Å². The van der Waals surface area contributed by atoms with Crippen molar-refractivity contribution in [2.75, 3.05) is 6.54 Å². The molecule has 1 unspecified atom stereocenters. The van der Waals surface area contributed by atoms with E-state index in [4.69, 9.17) is 4.74 Å². The van der Waals surface area contributed by atoms with Gasteiger partial charge in [-0.15, -0.1) is 0 Å². The number of hydrogen-bond acceptors (Lipinski definition) is 3. The zero-order valence-corrected chi connectivity index (χ0v) is 12.5. The molecule has 0 spiro atoms. The van der Waals surface area contributed by atoms with E-state index < -0.39 is 0 Å². The van der Waals surface area contributed by atoms with Gasteiger partial charge in [0.05, 0.1) is 12.1 Å². The molecule has 0 amide bonds. The standard InChI is InChI=1S/C18H22N2O/c1-2-11-20-18(15-9-12-19-13-10-15)14-3-5-16(6-4-14)21-17-7-8-17/h3-6,9-10,12-13,17-18,20H,2,7-8,11H2,1H3. The first-order valence-corrected chi connectivity index (χ1v) is 7.76. The lowest BCUT2D eigenvalue weighted by atomic mass is 9.99. The molecule has 1 heterocycles. The number of nitrogens with zero attached hydrogens (tertiary/aromatic N) is 1. The summed E-state index contributed by atoms with van der Waals surface area (Å²) in [6.45, 7) is 3.18. The molecule has 110 valence electrons. The Balaban J connectivity index is 1.78. The van der Waals surface area contributed by atoms with Gasteiger partial charge in [0.25, 0.3) is 0 Å². The number of ether oxygens (including phenoxy) is 1. The average Bonchev–Trinajstić information content (AvgIpc) is 3.34. The van der Waals surface area contributed by atoms with E-state index in [1.165, 1.54) is 24.0 Å². The molecule has 1 N–H and O–H groups in total. The molecule has 0 aliphatic heterocycles. The minimum absolute atomic E-state index is 0.211. The van der Waals surface area contributed by atoms with Gasteiger partial charge in [0, 0.05) is 12.4 Å². The predicted molar refractivity (Wildman–Crippen MR) is 84.5 cm³/mol. The first-order chi connectivity index (χ1) is 10.4. The fourth-order valence-electron chi connectivity index (χ4n) is 2.39. The smallest absolute Gasteiger partial charge is 0.119 e. The molecule has 1 saturated carbocycles. The van der Waals surface area contributed by atoms with E-state index >= 15 is 0 Å². The Morgan fingerprint density at radius 3 is 2.38 bits per heavy atom. The van der Waals surface area contributed by atoms with Crippen molar-refractivity contribution in [1.29, 1.82) is 0 Å². The highest BCUT2D eigenvalue weighted by Gasteiger charge is 2.23. The molecule has 1 aromatic carbocycles. The normalized spacial score (nSPS) is 15.7. The molecule has 3 nitrogen and oxygen atoms in total. The quantitative estimate of drug-likeness (QED) is 0.840. The van der Waals surface area contributed by atoms with Crippen LogP contribution in [0.15, 0.2) is 48.8 Å². The highest BCUT2D eigenvalue weighted by atomic mass is 16.5. The van der Waals surface area contributed by atoms with Crippen LogP contribution in [0.1, 0.15) is 43.4 Å². The Labute approximate surface area is 126 Å². The number of rotatable bonds is 7. The summed E-state index contributed by atoms with van der Waals surface area (Å²) in [7, 11) is 0. The van der Waals surface area contributed by atoms with Gasteiger partial charge in [0.15, 0.2) is 0 Å². The minimum atomic E-state index is 0.211. The molecule has 1 aliphatic rings. The van der Waals surface area contributed by atoms with Crippen molar-refractivity contribution >= 4 is 0 Å². The van der Waals surface area contributed by atoms with Crippen LogP contribution in [-0.2, 0) is 0 Å². The van der Waals surface area contributed by atoms with Crippen LogP contribution in [0, 0.1) is 0 Å². The molecule has 0 saturated heterocycles. The molecular formula is C18H22N2O. The maximum atomic E-state index is 5.82. The molecule has 2 aromatic rings. The third-order valence-corrected chi connectivity index (χ3v) is 3.68. The summed E-state index contributed by atoms with van der Waals surface area (Å²) in [4.78, 5) is 4.11. The summed E-state index contributed by atoms with van der Waals surface area (Å²) in [6, 6.07) is 12.8. The summed E-state index contributed by atoms with van der Waals surface area (Å²) in [5, 5.41) is 3.61. The summed E-state index contributed by atoms with van der Waals surface area (Å²) in [5.41, 5.74) is 2.51. The van der Waals surface area contributed by atoms with E-state index in [1.807, 2.05) is 12.4 Å². The van der Waals surface area contributed by atoms with Gasteiger partial charge in [-0.2, -0.15) is 0 Å². The van der Waals surface area contributed by atoms with Crippen LogP contribution in [0.4, 0.5) is 0 Å². The number of hydrogen-bond donors (Lipinski definition) is 1. The Kier molecular flexibility index (Phi) is 4.51. The lowest BCUT2D eigenvalue weighted by Crippen LogP contribution is -2.23. The summed E-state index contributed by atoms with van der Waals surface area (Å²) in [6.07, 6.45) is 7.65. The van der Waals surface area contributed by atoms with Crippen molar-refractivity contribution in [3.8, 4) is 5.75 Å². The molecular weight excluding hydrogens is 260 g/mol. The van der Waals surface area contributed by atoms with E-state index in [9.17, 15) is 0 Å². The van der Waals surface area contributed by atoms with Gasteiger partial charge in [-0.05, 0) is 61.2 Å². The third kappa shape index (κ3) is 3.82. The van der Waals surface area contributed by atoms with E-state index in [2.05, 4.69) is 53.6 Å². The van der Waals surface area contributed by atoms with E-state index in [0.29, 0.717) is 6.10 Å². The van der Waals surface area contributed by atoms with E-state index in [0.717, 1.165) is 18.7 Å². The number of pyridine rings is 1. The van der Waals surface area contributed by atoms with Crippen LogP contribution >= 0.6 is 0 Å². The Morgan fingerprint density at radius 1 is 1.10 bits per heavy atom. The van der Waals surface area contributed by atoms with Crippen molar-refractivity contribution in [3.63, 3.8) is 0 Å². The van der Waals surface area contributed by atoms with Crippen molar-refractivity contribution in [2.45, 2.75) is 38.3 Å². The first-order valence-electron chi connectivity index (χ1n) is 7.76. The van der Waals surface area contributed by atoms with Crippen LogP contribution in [-0.4, -0.2) is 17.6 Å². The topological polar surface area (TPSA) is 34.2 Å². The van der Waals surface area contributed by atoms with Gasteiger partial charge in [-0.1, -0.05) is 19.1 Å². The molecule has 1 atom stereocenters. The molecule has 3 heteroatoms. The maximum Gasteiger partial charge on any atom is 0.119 e. The lowest BCUT2D eigenvalue weighted by Gasteiger charge is -2.19. The molecule has 0 bridgehead atoms. The molecule has 1 aliphatic carbocycles. The average molecular weight is 282 g/mol. The molecule has 1 fully saturated rings. The second-order valence-electron chi connectivity index (χ2n) is 5.55. The SMILES string of the molecule is CCCNC(c1ccncc1)c1ccc(OC2CC2)cc1. The molecule has 3 rings (SSSR count). The van der Waals surface area contributed by atoms with Crippen molar-refractivity contribution in [1.82, 2.24) is 10.3 Å². The summed E-state index contributed by atoms with van der Waals surface area (Å²) < 4.78 is 5.82. The van der Waals surface area contributed by atoms with Gasteiger partial charge in [0.1, 0.15) is 5.75 Å². The van der Waals surface area contributed by atoms with Crippen molar-refractivity contribution in [3.05, 3.63) is 59.9 Å². The van der Waals surface area contributed by atoms with Gasteiger partial charge in [0.2, 0.25) is 0 Å². The van der Waals surface area contributed by atoms with Crippen molar-refractivity contribution in [2.24, 2.45) is 0 Å². The zero-order chi connectivity index (χ0) is 14.5. The third-order valence-electron chi connectivity index (χ3n) is 3.68. The first kappa shape index (κ1) is 14.1. The largest absolute Gasteiger partial charge is 0.490 e. The van der Waals surface area contributed by atoms with Crippen LogP contribution in [0.5, 0.6) is 5.75 Å². The van der Waals surface area contributed by atoms with Crippen LogP contribution < -0.4 is 10.1 Å². The second-order valence-corrected chi connectivity index (χ2v) is 5.55. The van der Waals surface area contributed by atoms with Crippen LogP contribution in [0.3, 0.4) is 0 Å². The Morgan fingerprint density at radius 2 is 1.76 bits per heavy atom. The Bertz CT molecular complexity index is 549. The van der Waals surface area contributed by atoms with Gasteiger partial charge in [-0.3, -0.25) is 4.98 Å². The zero-order valence-electron chi connectivity index (χ0n) is 12.5. The van der Waals surface area contributed by atoms with E-state index in [-0.39, 0.29) is 6.04 Å². The molecule has 1 aromatic heterocycles. The predicted octanol–water partition coefficient (Wildman–Crippen LogP) is 3.71. The molecule has 21 heavy (non-hydrogen) atoms. The van der Waals surface area contributed by atoms with Crippen molar-refractivity contribution < 1.29 is 4.74 Å². The lowest BCUT2D eigenvalue weighted by molar-refractivity contribution is 0.303. The highest BCUT2D eigenvalue weighted by Crippen LogP contribution is 2.28. The monoisotopic (exact) mass is 282 g/mol. The number of nitrogens with one attached hydrogen (secondary N) is 1. The Hall–Kier alpha value is -1.87.